The second-order valence-corrected chi connectivity index (χ2v) is 6.20. The third-order valence-corrected chi connectivity index (χ3v) is 4.28. The molecule has 0 bridgehead atoms. The predicted molar refractivity (Wildman–Crippen MR) is 109 cm³/mol. The molecule has 0 saturated heterocycles. The van der Waals surface area contributed by atoms with Crippen LogP contribution in [0.25, 0.3) is 6.08 Å². The average molecular weight is 400 g/mol. The van der Waals surface area contributed by atoms with Gasteiger partial charge in [0.25, 0.3) is 0 Å². The molecule has 7 heteroatoms. The molecule has 0 heterocycles. The molecule has 1 N–H and O–H groups in total. The molecule has 0 aliphatic carbocycles. The summed E-state index contributed by atoms with van der Waals surface area (Å²) in [6.45, 7) is 2.38. The molecule has 2 aromatic carbocycles. The monoisotopic (exact) mass is 400 g/mol. The van der Waals surface area contributed by atoms with E-state index in [4.69, 9.17) is 9.47 Å². The normalized spacial score (nSPS) is 10.6. The van der Waals surface area contributed by atoms with Crippen LogP contribution in [0.5, 0.6) is 11.5 Å². The van der Waals surface area contributed by atoms with Crippen LogP contribution in [0.2, 0.25) is 0 Å². The van der Waals surface area contributed by atoms with Crippen LogP contribution in [0.1, 0.15) is 18.1 Å². The van der Waals surface area contributed by atoms with Crippen molar-refractivity contribution in [3.63, 3.8) is 0 Å². The number of nitrogens with zero attached hydrogens (tertiary/aromatic N) is 1. The van der Waals surface area contributed by atoms with Crippen molar-refractivity contribution in [1.82, 2.24) is 10.2 Å². The summed E-state index contributed by atoms with van der Waals surface area (Å²) < 4.78 is 23.4. The van der Waals surface area contributed by atoms with Crippen molar-refractivity contribution in [2.45, 2.75) is 13.5 Å². The minimum absolute atomic E-state index is 0.0688. The molecule has 0 spiro atoms. The number of hydrogen-bond acceptors (Lipinski definition) is 4. The van der Waals surface area contributed by atoms with Gasteiger partial charge in [0.15, 0.2) is 0 Å². The Labute approximate surface area is 169 Å². The fraction of sp³-hybridized carbons (Fsp3) is 0.273. The molecule has 0 aliphatic rings. The third-order valence-electron chi connectivity index (χ3n) is 4.28. The van der Waals surface area contributed by atoms with E-state index in [1.807, 2.05) is 0 Å². The highest BCUT2D eigenvalue weighted by Crippen LogP contribution is 2.25. The Balaban J connectivity index is 1.94. The first kappa shape index (κ1) is 21.9. The lowest BCUT2D eigenvalue weighted by Gasteiger charge is -2.18. The van der Waals surface area contributed by atoms with Crippen LogP contribution < -0.4 is 14.8 Å². The minimum atomic E-state index is -0.330. The summed E-state index contributed by atoms with van der Waals surface area (Å²) in [5.41, 5.74) is 1.50. The first-order chi connectivity index (χ1) is 14.0. The fourth-order valence-corrected chi connectivity index (χ4v) is 2.60. The Morgan fingerprint density at radius 1 is 1.10 bits per heavy atom. The molecule has 2 rings (SSSR count). The lowest BCUT2D eigenvalue weighted by Crippen LogP contribution is -2.39. The van der Waals surface area contributed by atoms with E-state index in [9.17, 15) is 14.0 Å². The second kappa shape index (κ2) is 10.8. The maximum Gasteiger partial charge on any atom is 0.247 e. The highest BCUT2D eigenvalue weighted by Gasteiger charge is 2.13. The van der Waals surface area contributed by atoms with Gasteiger partial charge in [-0.05, 0) is 42.8 Å². The summed E-state index contributed by atoms with van der Waals surface area (Å²) in [4.78, 5) is 26.1. The van der Waals surface area contributed by atoms with Gasteiger partial charge in [-0.1, -0.05) is 12.1 Å². The molecule has 0 aromatic heterocycles. The SMILES string of the molecule is CCN(CC(=O)NCc1ccc(F)cc1)C(=O)/C=C/c1ccc(OC)cc1OC. The van der Waals surface area contributed by atoms with Crippen molar-refractivity contribution in [2.75, 3.05) is 27.3 Å². The van der Waals surface area contributed by atoms with Crippen molar-refractivity contribution >= 4 is 17.9 Å². The van der Waals surface area contributed by atoms with E-state index in [1.54, 1.807) is 50.4 Å². The first-order valence-corrected chi connectivity index (χ1v) is 9.17. The van der Waals surface area contributed by atoms with Crippen LogP contribution in [0.4, 0.5) is 4.39 Å². The van der Waals surface area contributed by atoms with Crippen LogP contribution >= 0.6 is 0 Å². The second-order valence-electron chi connectivity index (χ2n) is 6.20. The van der Waals surface area contributed by atoms with Crippen molar-refractivity contribution in [2.24, 2.45) is 0 Å². The van der Waals surface area contributed by atoms with Crippen LogP contribution in [0.3, 0.4) is 0 Å². The number of benzene rings is 2. The molecule has 0 fully saturated rings. The number of hydrogen-bond donors (Lipinski definition) is 1. The summed E-state index contributed by atoms with van der Waals surface area (Å²) in [5.74, 6) is 0.317. The standard InChI is InChI=1S/C22H25FN2O4/c1-4-25(15-21(26)24-14-16-5-9-18(23)10-6-16)22(27)12-8-17-7-11-19(28-2)13-20(17)29-3/h5-13H,4,14-15H2,1-3H3,(H,24,26)/b12-8+. The average Bonchev–Trinajstić information content (AvgIpc) is 2.75. The zero-order valence-electron chi connectivity index (χ0n) is 16.8. The molecule has 6 nitrogen and oxygen atoms in total. The Bertz CT molecular complexity index is 866. The number of ether oxygens (including phenoxy) is 2. The van der Waals surface area contributed by atoms with Crippen LogP contribution in [-0.2, 0) is 16.1 Å². The van der Waals surface area contributed by atoms with Crippen molar-refractivity contribution in [3.05, 3.63) is 65.5 Å². The number of methoxy groups -OCH3 is 2. The quantitative estimate of drug-likeness (QED) is 0.657. The van der Waals surface area contributed by atoms with E-state index in [1.165, 1.54) is 30.2 Å². The van der Waals surface area contributed by atoms with E-state index < -0.39 is 0 Å². The van der Waals surface area contributed by atoms with E-state index in [-0.39, 0.29) is 30.7 Å². The van der Waals surface area contributed by atoms with E-state index in [0.717, 1.165) is 11.1 Å². The fourth-order valence-electron chi connectivity index (χ4n) is 2.60. The van der Waals surface area contributed by atoms with Gasteiger partial charge < -0.3 is 19.7 Å². The third kappa shape index (κ3) is 6.64. The van der Waals surface area contributed by atoms with E-state index >= 15 is 0 Å². The molecule has 0 unspecified atom stereocenters. The summed E-state index contributed by atoms with van der Waals surface area (Å²) >= 11 is 0. The zero-order valence-corrected chi connectivity index (χ0v) is 16.8. The molecule has 2 amide bonds. The lowest BCUT2D eigenvalue weighted by atomic mass is 10.1. The lowest BCUT2D eigenvalue weighted by molar-refractivity contribution is -0.132. The van der Waals surface area contributed by atoms with E-state index in [0.29, 0.717) is 18.0 Å². The molecule has 0 radical (unpaired) electrons. The Morgan fingerprint density at radius 2 is 1.83 bits per heavy atom. The molecular weight excluding hydrogens is 375 g/mol. The summed E-state index contributed by atoms with van der Waals surface area (Å²) in [6.07, 6.45) is 3.04. The van der Waals surface area contributed by atoms with Crippen molar-refractivity contribution in [3.8, 4) is 11.5 Å². The largest absolute Gasteiger partial charge is 0.497 e. The molecule has 154 valence electrons. The van der Waals surface area contributed by atoms with E-state index in [2.05, 4.69) is 5.32 Å². The molecule has 29 heavy (non-hydrogen) atoms. The minimum Gasteiger partial charge on any atom is -0.497 e. The predicted octanol–water partition coefficient (Wildman–Crippen LogP) is 3.02. The van der Waals surface area contributed by atoms with Gasteiger partial charge in [0.05, 0.1) is 20.8 Å². The van der Waals surface area contributed by atoms with Gasteiger partial charge in [0, 0.05) is 30.8 Å². The smallest absolute Gasteiger partial charge is 0.247 e. The summed E-state index contributed by atoms with van der Waals surface area (Å²) in [7, 11) is 3.10. The number of halogens is 1. The van der Waals surface area contributed by atoms with Gasteiger partial charge in [-0.2, -0.15) is 0 Å². The van der Waals surface area contributed by atoms with Gasteiger partial charge in [-0.25, -0.2) is 4.39 Å². The topological polar surface area (TPSA) is 67.9 Å². The van der Waals surface area contributed by atoms with Gasteiger partial charge in [0.1, 0.15) is 17.3 Å². The number of carbonyl (C=O) groups is 2. The Morgan fingerprint density at radius 3 is 2.45 bits per heavy atom. The molecule has 2 aromatic rings. The van der Waals surface area contributed by atoms with Gasteiger partial charge >= 0.3 is 0 Å². The number of nitrogens with one attached hydrogen (secondary N) is 1. The summed E-state index contributed by atoms with van der Waals surface area (Å²) in [6, 6.07) is 11.2. The van der Waals surface area contributed by atoms with Crippen molar-refractivity contribution in [1.29, 1.82) is 0 Å². The van der Waals surface area contributed by atoms with Crippen LogP contribution in [0, 0.1) is 5.82 Å². The molecule has 0 aliphatic heterocycles. The zero-order chi connectivity index (χ0) is 21.2. The molecule has 0 atom stereocenters. The van der Waals surface area contributed by atoms with Gasteiger partial charge in [-0.3, -0.25) is 9.59 Å². The maximum atomic E-state index is 12.9. The van der Waals surface area contributed by atoms with Gasteiger partial charge in [0.2, 0.25) is 11.8 Å². The first-order valence-electron chi connectivity index (χ1n) is 9.17. The Hall–Kier alpha value is -3.35. The van der Waals surface area contributed by atoms with Crippen LogP contribution in [0.15, 0.2) is 48.5 Å². The number of carbonyl (C=O) groups excluding carboxylic acids is 2. The molecular formula is C22H25FN2O4. The summed E-state index contributed by atoms with van der Waals surface area (Å²) in [5, 5.41) is 2.73. The highest BCUT2D eigenvalue weighted by molar-refractivity contribution is 5.94. The maximum absolute atomic E-state index is 12.9. The Kier molecular flexibility index (Phi) is 8.21. The number of likely N-dealkylation sites (N-methyl/N-ethyl adjacent to an activating group) is 1. The van der Waals surface area contributed by atoms with Crippen LogP contribution in [-0.4, -0.2) is 44.0 Å². The molecule has 0 saturated carbocycles. The van der Waals surface area contributed by atoms with Crippen molar-refractivity contribution < 1.29 is 23.5 Å². The number of rotatable bonds is 9. The van der Waals surface area contributed by atoms with Gasteiger partial charge in [-0.15, -0.1) is 0 Å². The highest BCUT2D eigenvalue weighted by atomic mass is 19.1. The number of amides is 2.